The zero-order valence-electron chi connectivity index (χ0n) is 11.5. The molecule has 4 heteroatoms. The Morgan fingerprint density at radius 2 is 1.20 bits per heavy atom. The van der Waals surface area contributed by atoms with Crippen molar-refractivity contribution >= 4 is 22.7 Å². The summed E-state index contributed by atoms with van der Waals surface area (Å²) in [6.07, 6.45) is 0.436. The average molecular weight is 272 g/mol. The van der Waals surface area contributed by atoms with Gasteiger partial charge in [-0.1, -0.05) is 36.4 Å². The molecular weight excluding hydrogens is 256 g/mol. The van der Waals surface area contributed by atoms with E-state index in [0.29, 0.717) is 0 Å². The topological polar surface area (TPSA) is 52.6 Å². The van der Waals surface area contributed by atoms with E-state index in [2.05, 4.69) is 0 Å². The van der Waals surface area contributed by atoms with Crippen molar-refractivity contribution in [3.63, 3.8) is 0 Å². The van der Waals surface area contributed by atoms with Gasteiger partial charge in [-0.2, -0.15) is 0 Å². The highest BCUT2D eigenvalue weighted by molar-refractivity contribution is 5.93. The standard InChI is InChI=1S/C16H16O4/c1-19-15(17)9-11-7-8-12(10-16(18)20-2)14-6-4-3-5-13(11)14/h3-8H,9-10H2,1-2H3. The SMILES string of the molecule is COC(=O)Cc1ccc(CC(=O)OC)c2ccccc12. The highest BCUT2D eigenvalue weighted by Crippen LogP contribution is 2.24. The zero-order chi connectivity index (χ0) is 14.5. The summed E-state index contributed by atoms with van der Waals surface area (Å²) in [4.78, 5) is 22.9. The number of ether oxygens (including phenoxy) is 2. The lowest BCUT2D eigenvalue weighted by atomic mass is 9.96. The van der Waals surface area contributed by atoms with Gasteiger partial charge in [-0.05, 0) is 21.9 Å². The molecule has 0 fully saturated rings. The van der Waals surface area contributed by atoms with Gasteiger partial charge in [0.05, 0.1) is 27.1 Å². The molecule has 0 aliphatic heterocycles. The van der Waals surface area contributed by atoms with Crippen molar-refractivity contribution in [1.29, 1.82) is 0 Å². The molecule has 0 aliphatic rings. The van der Waals surface area contributed by atoms with Crippen molar-refractivity contribution < 1.29 is 19.1 Å². The van der Waals surface area contributed by atoms with Gasteiger partial charge in [0, 0.05) is 0 Å². The molecule has 0 aliphatic carbocycles. The van der Waals surface area contributed by atoms with Crippen molar-refractivity contribution in [2.75, 3.05) is 14.2 Å². The zero-order valence-corrected chi connectivity index (χ0v) is 11.5. The summed E-state index contributed by atoms with van der Waals surface area (Å²) in [6, 6.07) is 11.4. The van der Waals surface area contributed by atoms with Crippen LogP contribution in [0.4, 0.5) is 0 Å². The van der Waals surface area contributed by atoms with Crippen LogP contribution >= 0.6 is 0 Å². The van der Waals surface area contributed by atoms with Gasteiger partial charge >= 0.3 is 11.9 Å². The third-order valence-electron chi connectivity index (χ3n) is 3.23. The highest BCUT2D eigenvalue weighted by atomic mass is 16.5. The van der Waals surface area contributed by atoms with Crippen LogP contribution in [0.25, 0.3) is 10.8 Å². The van der Waals surface area contributed by atoms with E-state index >= 15 is 0 Å². The Hall–Kier alpha value is -2.36. The van der Waals surface area contributed by atoms with Crippen LogP contribution in [0.3, 0.4) is 0 Å². The van der Waals surface area contributed by atoms with Crippen LogP contribution in [0.1, 0.15) is 11.1 Å². The van der Waals surface area contributed by atoms with E-state index in [1.807, 2.05) is 36.4 Å². The third kappa shape index (κ3) is 2.96. The van der Waals surface area contributed by atoms with E-state index in [9.17, 15) is 9.59 Å². The fourth-order valence-corrected chi connectivity index (χ4v) is 2.19. The van der Waals surface area contributed by atoms with E-state index in [0.717, 1.165) is 21.9 Å². The van der Waals surface area contributed by atoms with Crippen molar-refractivity contribution in [2.24, 2.45) is 0 Å². The second-order valence-corrected chi connectivity index (χ2v) is 4.44. The van der Waals surface area contributed by atoms with E-state index in [-0.39, 0.29) is 24.8 Å². The van der Waals surface area contributed by atoms with E-state index < -0.39 is 0 Å². The largest absolute Gasteiger partial charge is 0.469 e. The van der Waals surface area contributed by atoms with E-state index in [4.69, 9.17) is 9.47 Å². The van der Waals surface area contributed by atoms with E-state index in [1.54, 1.807) is 0 Å². The van der Waals surface area contributed by atoms with Gasteiger partial charge in [-0.25, -0.2) is 0 Å². The lowest BCUT2D eigenvalue weighted by Gasteiger charge is -2.10. The van der Waals surface area contributed by atoms with Crippen LogP contribution in [0, 0.1) is 0 Å². The summed E-state index contributed by atoms with van der Waals surface area (Å²) in [5.41, 5.74) is 1.78. The van der Waals surface area contributed by atoms with Gasteiger partial charge in [0.2, 0.25) is 0 Å². The molecule has 0 unspecified atom stereocenters. The normalized spacial score (nSPS) is 10.3. The molecule has 4 nitrogen and oxygen atoms in total. The number of benzene rings is 2. The van der Waals surface area contributed by atoms with Crippen LogP contribution in [-0.4, -0.2) is 26.2 Å². The molecule has 0 radical (unpaired) electrons. The van der Waals surface area contributed by atoms with Crippen LogP contribution in [0.2, 0.25) is 0 Å². The first-order chi connectivity index (χ1) is 9.65. The Kier molecular flexibility index (Phi) is 4.35. The minimum absolute atomic E-state index is 0.218. The predicted octanol–water partition coefficient (Wildman–Crippen LogP) is 2.27. The molecule has 20 heavy (non-hydrogen) atoms. The number of rotatable bonds is 4. The maximum Gasteiger partial charge on any atom is 0.309 e. The Balaban J connectivity index is 2.46. The first kappa shape index (κ1) is 14.1. The molecule has 2 rings (SSSR count). The summed E-state index contributed by atoms with van der Waals surface area (Å²) in [6.45, 7) is 0. The molecule has 2 aromatic rings. The second kappa shape index (κ2) is 6.19. The second-order valence-electron chi connectivity index (χ2n) is 4.44. The minimum Gasteiger partial charge on any atom is -0.469 e. The van der Waals surface area contributed by atoms with Crippen LogP contribution in [0.15, 0.2) is 36.4 Å². The molecule has 0 amide bonds. The Bertz CT molecular complexity index is 589. The number of hydrogen-bond acceptors (Lipinski definition) is 4. The third-order valence-corrected chi connectivity index (χ3v) is 3.23. The first-order valence-electron chi connectivity index (χ1n) is 6.29. The quantitative estimate of drug-likeness (QED) is 0.801. The number of fused-ring (bicyclic) bond motifs is 1. The molecule has 0 heterocycles. The van der Waals surface area contributed by atoms with Gasteiger partial charge in [-0.15, -0.1) is 0 Å². The smallest absolute Gasteiger partial charge is 0.309 e. The van der Waals surface area contributed by atoms with Crippen LogP contribution in [-0.2, 0) is 31.9 Å². The average Bonchev–Trinajstić information content (AvgIpc) is 2.49. The lowest BCUT2D eigenvalue weighted by molar-refractivity contribution is -0.140. The van der Waals surface area contributed by atoms with Gasteiger partial charge in [0.1, 0.15) is 0 Å². The summed E-state index contributed by atoms with van der Waals surface area (Å²) in [7, 11) is 2.74. The molecule has 0 atom stereocenters. The monoisotopic (exact) mass is 272 g/mol. The molecule has 0 saturated heterocycles. The fourth-order valence-electron chi connectivity index (χ4n) is 2.19. The summed E-state index contributed by atoms with van der Waals surface area (Å²) < 4.78 is 9.40. The van der Waals surface area contributed by atoms with Gasteiger partial charge in [-0.3, -0.25) is 9.59 Å². The number of carbonyl (C=O) groups excluding carboxylic acids is 2. The summed E-state index contributed by atoms with van der Waals surface area (Å²) >= 11 is 0. The maximum absolute atomic E-state index is 11.4. The molecule has 0 spiro atoms. The summed E-state index contributed by atoms with van der Waals surface area (Å²) in [5, 5.41) is 1.92. The molecule has 0 saturated carbocycles. The Labute approximate surface area is 117 Å². The Morgan fingerprint density at radius 3 is 1.55 bits per heavy atom. The molecule has 104 valence electrons. The predicted molar refractivity (Wildman–Crippen MR) is 75.4 cm³/mol. The number of carbonyl (C=O) groups is 2. The van der Waals surface area contributed by atoms with Gasteiger partial charge in [0.15, 0.2) is 0 Å². The first-order valence-corrected chi connectivity index (χ1v) is 6.29. The fraction of sp³-hybridized carbons (Fsp3) is 0.250. The number of esters is 2. The minimum atomic E-state index is -0.282. The number of methoxy groups -OCH3 is 2. The van der Waals surface area contributed by atoms with Crippen LogP contribution < -0.4 is 0 Å². The van der Waals surface area contributed by atoms with E-state index in [1.165, 1.54) is 14.2 Å². The van der Waals surface area contributed by atoms with Gasteiger partial charge < -0.3 is 9.47 Å². The summed E-state index contributed by atoms with van der Waals surface area (Å²) in [5.74, 6) is -0.563. The van der Waals surface area contributed by atoms with Crippen molar-refractivity contribution in [3.05, 3.63) is 47.5 Å². The maximum atomic E-state index is 11.4. The Morgan fingerprint density at radius 1 is 0.800 bits per heavy atom. The van der Waals surface area contributed by atoms with Crippen molar-refractivity contribution in [1.82, 2.24) is 0 Å². The molecule has 2 aromatic carbocycles. The number of hydrogen-bond donors (Lipinski definition) is 0. The molecule has 0 aromatic heterocycles. The molecule has 0 N–H and O–H groups in total. The molecule has 0 bridgehead atoms. The molecular formula is C16H16O4. The van der Waals surface area contributed by atoms with Gasteiger partial charge in [0.25, 0.3) is 0 Å². The van der Waals surface area contributed by atoms with Crippen molar-refractivity contribution in [2.45, 2.75) is 12.8 Å². The highest BCUT2D eigenvalue weighted by Gasteiger charge is 2.11. The van der Waals surface area contributed by atoms with Crippen LogP contribution in [0.5, 0.6) is 0 Å². The van der Waals surface area contributed by atoms with Crippen molar-refractivity contribution in [3.8, 4) is 0 Å². The lowest BCUT2D eigenvalue weighted by Crippen LogP contribution is -2.07.